The molecule has 2 aromatic heterocycles. The first-order valence-corrected chi connectivity index (χ1v) is 26.8. The molecule has 4 aromatic carbocycles. The Bertz CT molecular complexity index is 3120. The van der Waals surface area contributed by atoms with Crippen LogP contribution in [0.5, 0.6) is 23.3 Å². The monoisotopic (exact) mass is 1010 g/mol. The molecule has 0 unspecified atom stereocenters. The van der Waals surface area contributed by atoms with E-state index in [1.807, 2.05) is 88.4 Å². The first-order chi connectivity index (χ1) is 35.4. The Hall–Kier alpha value is -7.52. The lowest BCUT2D eigenvalue weighted by molar-refractivity contribution is 0.1000. The van der Waals surface area contributed by atoms with Crippen molar-refractivity contribution < 1.29 is 14.3 Å². The van der Waals surface area contributed by atoms with Gasteiger partial charge in [0.1, 0.15) is 11.5 Å². The molecule has 6 aromatic rings. The van der Waals surface area contributed by atoms with Crippen molar-refractivity contribution in [3.8, 4) is 41.5 Å². The summed E-state index contributed by atoms with van der Waals surface area (Å²) in [7, 11) is 0. The number of piperidine rings is 2. The van der Waals surface area contributed by atoms with Gasteiger partial charge in [0.05, 0.1) is 56.1 Å². The third kappa shape index (κ3) is 12.1. The zero-order valence-electron chi connectivity index (χ0n) is 41.6. The van der Waals surface area contributed by atoms with Crippen molar-refractivity contribution in [2.24, 2.45) is 5.73 Å². The largest absolute Gasteiger partial charge is 0.437 e. The van der Waals surface area contributed by atoms with Gasteiger partial charge in [0, 0.05) is 55.2 Å². The molecule has 0 saturated carbocycles. The lowest BCUT2D eigenvalue weighted by Gasteiger charge is -2.34. The average molecular weight is 1010 g/mol. The Morgan fingerprint density at radius 2 is 1.03 bits per heavy atom. The number of nitriles is 3. The highest BCUT2D eigenvalue weighted by Gasteiger charge is 2.27. The number of nitrogens with zero attached hydrogens (tertiary/aromatic N) is 9. The van der Waals surface area contributed by atoms with Crippen molar-refractivity contribution in [2.75, 3.05) is 58.1 Å². The number of carbonyl (C=O) groups is 1. The maximum Gasteiger partial charge on any atom is 0.248 e. The minimum absolute atomic E-state index is 0.233. The first kappa shape index (κ1) is 50.4. The van der Waals surface area contributed by atoms with Crippen LogP contribution in [0.25, 0.3) is 0 Å². The van der Waals surface area contributed by atoms with Crippen LogP contribution < -0.4 is 35.6 Å². The molecular formula is C56H58N12O3S2. The number of anilines is 4. The molecule has 0 radical (unpaired) electrons. The second-order valence-corrected chi connectivity index (χ2v) is 21.1. The molecule has 17 heteroatoms. The number of ether oxygens (including phenoxy) is 2. The summed E-state index contributed by atoms with van der Waals surface area (Å²) in [5.74, 6) is 5.49. The molecule has 4 aliphatic heterocycles. The van der Waals surface area contributed by atoms with Gasteiger partial charge in [-0.2, -0.15) is 25.8 Å². The van der Waals surface area contributed by atoms with Crippen LogP contribution in [0.2, 0.25) is 0 Å². The van der Waals surface area contributed by atoms with E-state index < -0.39 is 5.91 Å². The fraction of sp³-hybridized carbons (Fsp3) is 0.357. The summed E-state index contributed by atoms with van der Waals surface area (Å²) >= 11 is 3.49. The van der Waals surface area contributed by atoms with Gasteiger partial charge in [0.2, 0.25) is 29.6 Å². The molecule has 15 nitrogen and oxygen atoms in total. The number of hydrogen-bond acceptors (Lipinski definition) is 16. The quantitative estimate of drug-likeness (QED) is 0.110. The highest BCUT2D eigenvalue weighted by atomic mass is 32.2. The minimum Gasteiger partial charge on any atom is -0.437 e. The zero-order chi connectivity index (χ0) is 51.0. The highest BCUT2D eigenvalue weighted by molar-refractivity contribution is 7.99. The van der Waals surface area contributed by atoms with Crippen LogP contribution in [0.1, 0.15) is 99.2 Å². The molecule has 2 saturated heterocycles. The van der Waals surface area contributed by atoms with E-state index in [1.165, 1.54) is 0 Å². The summed E-state index contributed by atoms with van der Waals surface area (Å²) in [6.45, 7) is 11.3. The molecule has 4 N–H and O–H groups in total. The van der Waals surface area contributed by atoms with Gasteiger partial charge in [-0.05, 0) is 173 Å². The van der Waals surface area contributed by atoms with Gasteiger partial charge >= 0.3 is 0 Å². The summed E-state index contributed by atoms with van der Waals surface area (Å²) in [4.78, 5) is 37.5. The van der Waals surface area contributed by atoms with Crippen LogP contribution in [-0.4, -0.2) is 75.6 Å². The summed E-state index contributed by atoms with van der Waals surface area (Å²) in [6, 6.07) is 29.8. The lowest BCUT2D eigenvalue weighted by Crippen LogP contribution is -2.39. The average Bonchev–Trinajstić information content (AvgIpc) is 3.41. The molecule has 2 fully saturated rings. The number of hydrogen-bond donors (Lipinski definition) is 3. The van der Waals surface area contributed by atoms with E-state index in [2.05, 4.69) is 44.7 Å². The molecule has 10 rings (SSSR count). The Morgan fingerprint density at radius 3 is 1.45 bits per heavy atom. The number of amides is 1. The molecule has 0 atom stereocenters. The third-order valence-electron chi connectivity index (χ3n) is 13.5. The number of aryl methyl sites for hydroxylation is 6. The Balaban J connectivity index is 0.000000180. The first-order valence-electron chi connectivity index (χ1n) is 24.8. The second-order valence-electron chi connectivity index (χ2n) is 18.9. The molecule has 0 aliphatic carbocycles. The van der Waals surface area contributed by atoms with Gasteiger partial charge in [0.15, 0.2) is 0 Å². The molecule has 372 valence electrons. The fourth-order valence-corrected chi connectivity index (χ4v) is 11.8. The maximum absolute atomic E-state index is 11.6. The zero-order valence-corrected chi connectivity index (χ0v) is 43.3. The number of benzene rings is 4. The normalized spacial score (nSPS) is 15.5. The van der Waals surface area contributed by atoms with Crippen molar-refractivity contribution >= 4 is 52.7 Å². The Kier molecular flexibility index (Phi) is 15.8. The molecular weight excluding hydrogens is 953 g/mol. The van der Waals surface area contributed by atoms with Crippen LogP contribution in [-0.2, 0) is 12.8 Å². The van der Waals surface area contributed by atoms with Gasteiger partial charge in [-0.25, -0.2) is 9.97 Å². The van der Waals surface area contributed by atoms with Crippen LogP contribution in [0.4, 0.5) is 23.3 Å². The standard InChI is InChI=1S/C28H30N6O2S.C28H28N6OS/c1-17-13-19(16-29)14-18(2)24(17)36-27-25-23(7-4-12-37-25)32-28(33-27)31-21-8-10-34(11-9-21)22-6-3-5-20(15-22)26(30)35;1-18-13-21(17-30)14-19(2)25(18)35-27-26-24(7-4-12-36-26)32-28(33-27)31-22-8-10-34(11-9-22)23-6-3-5-20(15-23)16-29/h3,5-6,13-15,21H,4,7-12H2,1-2H3,(H2,30,35)(H,31,32,33);3,5-6,13-15,22H,4,7-12H2,1-2H3,(H,31,32,33). The van der Waals surface area contributed by atoms with E-state index in [4.69, 9.17) is 35.1 Å². The van der Waals surface area contributed by atoms with E-state index >= 15 is 0 Å². The summed E-state index contributed by atoms with van der Waals surface area (Å²) in [6.07, 6.45) is 7.71. The van der Waals surface area contributed by atoms with Crippen molar-refractivity contribution in [1.29, 1.82) is 15.8 Å². The number of nitrogens with two attached hydrogens (primary N) is 1. The van der Waals surface area contributed by atoms with Gasteiger partial charge in [-0.15, -0.1) is 23.5 Å². The van der Waals surface area contributed by atoms with Gasteiger partial charge in [-0.3, -0.25) is 4.79 Å². The van der Waals surface area contributed by atoms with Crippen LogP contribution in [0.15, 0.2) is 82.6 Å². The van der Waals surface area contributed by atoms with E-state index in [9.17, 15) is 20.6 Å². The van der Waals surface area contributed by atoms with Gasteiger partial charge in [-0.1, -0.05) is 12.1 Å². The smallest absolute Gasteiger partial charge is 0.248 e. The van der Waals surface area contributed by atoms with E-state index in [1.54, 1.807) is 29.6 Å². The van der Waals surface area contributed by atoms with E-state index in [0.29, 0.717) is 45.9 Å². The van der Waals surface area contributed by atoms with Crippen molar-refractivity contribution in [1.82, 2.24) is 19.9 Å². The van der Waals surface area contributed by atoms with E-state index in [-0.39, 0.29) is 12.1 Å². The molecule has 1 amide bonds. The van der Waals surface area contributed by atoms with Crippen molar-refractivity contribution in [2.45, 2.75) is 101 Å². The number of thioether (sulfide) groups is 2. The number of primary amides is 1. The summed E-state index contributed by atoms with van der Waals surface area (Å²) in [5.41, 5.74) is 15.7. The second kappa shape index (κ2) is 22.9. The van der Waals surface area contributed by atoms with Gasteiger partial charge < -0.3 is 35.6 Å². The predicted molar refractivity (Wildman–Crippen MR) is 287 cm³/mol. The number of rotatable bonds is 11. The SMILES string of the molecule is Cc1cc(C#N)cc(C)c1Oc1nc(NC2CCN(c3cccc(C#N)c3)CC2)nc2c1SCCC2.Cc1cc(C#N)cc(C)c1Oc1nc(NC2CCN(c3cccc(C(N)=O)c3)CC2)nc2c1SCCC2. The van der Waals surface area contributed by atoms with Crippen LogP contribution >= 0.6 is 23.5 Å². The molecule has 73 heavy (non-hydrogen) atoms. The highest BCUT2D eigenvalue weighted by Crippen LogP contribution is 2.42. The third-order valence-corrected chi connectivity index (χ3v) is 15.9. The molecule has 0 bridgehead atoms. The topological polar surface area (TPSA) is 215 Å². The fourth-order valence-electron chi connectivity index (χ4n) is 9.77. The maximum atomic E-state index is 11.6. The van der Waals surface area contributed by atoms with Crippen molar-refractivity contribution in [3.63, 3.8) is 0 Å². The number of fused-ring (bicyclic) bond motifs is 2. The Morgan fingerprint density at radius 1 is 0.603 bits per heavy atom. The minimum atomic E-state index is -0.412. The number of aromatic nitrogens is 4. The van der Waals surface area contributed by atoms with Crippen molar-refractivity contribution in [3.05, 3.63) is 129 Å². The predicted octanol–water partition coefficient (Wildman–Crippen LogP) is 10.7. The number of carbonyl (C=O) groups excluding carboxylic acids is 1. The molecule has 4 aliphatic rings. The molecule has 6 heterocycles. The van der Waals surface area contributed by atoms with Gasteiger partial charge in [0.25, 0.3) is 0 Å². The Labute approximate surface area is 435 Å². The molecule has 0 spiro atoms. The lowest BCUT2D eigenvalue weighted by atomic mass is 10.0. The van der Waals surface area contributed by atoms with Crippen LogP contribution in [0.3, 0.4) is 0 Å². The van der Waals surface area contributed by atoms with Crippen LogP contribution in [0, 0.1) is 61.7 Å². The number of nitrogens with one attached hydrogen (secondary N) is 2. The van der Waals surface area contributed by atoms with E-state index in [0.717, 1.165) is 155 Å². The summed E-state index contributed by atoms with van der Waals surface area (Å²) in [5, 5.41) is 34.9. The summed E-state index contributed by atoms with van der Waals surface area (Å²) < 4.78 is 12.8.